The topological polar surface area (TPSA) is 58.6 Å². The number of hydrogen-bond donors (Lipinski definition) is 1. The van der Waals surface area contributed by atoms with Gasteiger partial charge in [-0.3, -0.25) is 9.59 Å². The Hall–Kier alpha value is -3.22. The number of likely N-dealkylation sites (N-methyl/N-ethyl adjacent to an activating group) is 1. The molecule has 1 unspecified atom stereocenters. The molecule has 2 amide bonds. The standard InChI is InChI=1S/C24H16F5IN2O3/c1-32-23(34)24(10-12-5-13(25)7-14(26)6-12,21-19(30)3-2-4-20(21)35-32)22(33)31-11-16-17(28)8-15(27)9-18(16)29/h2-9H,10-11H2,1H3,(H,31,33). The Kier molecular flexibility index (Phi) is 6.71. The highest BCUT2D eigenvalue weighted by atomic mass is 127. The van der Waals surface area contributed by atoms with Gasteiger partial charge in [0.2, 0.25) is 5.91 Å². The summed E-state index contributed by atoms with van der Waals surface area (Å²) < 4.78 is 70.0. The van der Waals surface area contributed by atoms with Gasteiger partial charge in [-0.15, -0.1) is 0 Å². The molecule has 11 heteroatoms. The van der Waals surface area contributed by atoms with Gasteiger partial charge in [-0.25, -0.2) is 22.0 Å². The Morgan fingerprint density at radius 2 is 1.60 bits per heavy atom. The molecule has 0 spiro atoms. The Morgan fingerprint density at radius 1 is 1.00 bits per heavy atom. The smallest absolute Gasteiger partial charge is 0.275 e. The Bertz CT molecular complexity index is 1310. The first-order valence-corrected chi connectivity index (χ1v) is 11.2. The lowest BCUT2D eigenvalue weighted by molar-refractivity contribution is -0.167. The fourth-order valence-corrected chi connectivity index (χ4v) is 5.03. The van der Waals surface area contributed by atoms with Crippen LogP contribution in [0.15, 0.2) is 48.5 Å². The summed E-state index contributed by atoms with van der Waals surface area (Å²) in [7, 11) is 1.26. The molecule has 1 atom stereocenters. The summed E-state index contributed by atoms with van der Waals surface area (Å²) in [5, 5.41) is 3.16. The molecule has 0 aromatic heterocycles. The Balaban J connectivity index is 1.84. The van der Waals surface area contributed by atoms with Gasteiger partial charge in [-0.1, -0.05) is 6.07 Å². The highest BCUT2D eigenvalue weighted by Crippen LogP contribution is 2.43. The van der Waals surface area contributed by atoms with Crippen molar-refractivity contribution in [3.63, 3.8) is 0 Å². The second kappa shape index (κ2) is 9.44. The SMILES string of the molecule is CN1Oc2cccc(I)c2C(Cc2cc(F)cc(F)c2)(C(=O)NCc2c(F)cc(F)cc2F)C1=O. The summed E-state index contributed by atoms with van der Waals surface area (Å²) in [6.45, 7) is -0.716. The van der Waals surface area contributed by atoms with Gasteiger partial charge >= 0.3 is 0 Å². The largest absolute Gasteiger partial charge is 0.377 e. The molecule has 35 heavy (non-hydrogen) atoms. The monoisotopic (exact) mass is 602 g/mol. The van der Waals surface area contributed by atoms with Crippen molar-refractivity contribution in [2.75, 3.05) is 7.05 Å². The van der Waals surface area contributed by atoms with Gasteiger partial charge in [-0.05, 0) is 52.4 Å². The van der Waals surface area contributed by atoms with E-state index in [1.54, 1.807) is 12.1 Å². The maximum Gasteiger partial charge on any atom is 0.275 e. The molecule has 3 aromatic rings. The first kappa shape index (κ1) is 24.9. The van der Waals surface area contributed by atoms with E-state index in [-0.39, 0.29) is 16.9 Å². The fourth-order valence-electron chi connectivity index (χ4n) is 4.09. The first-order chi connectivity index (χ1) is 16.5. The number of carbonyl (C=O) groups is 2. The van der Waals surface area contributed by atoms with Crippen LogP contribution >= 0.6 is 22.6 Å². The van der Waals surface area contributed by atoms with Crippen LogP contribution in [0.4, 0.5) is 22.0 Å². The van der Waals surface area contributed by atoms with Crippen molar-refractivity contribution >= 4 is 34.4 Å². The molecule has 1 N–H and O–H groups in total. The Labute approximate surface area is 210 Å². The van der Waals surface area contributed by atoms with Crippen molar-refractivity contribution in [1.82, 2.24) is 10.4 Å². The summed E-state index contributed by atoms with van der Waals surface area (Å²) in [6.07, 6.45) is -0.485. The summed E-state index contributed by atoms with van der Waals surface area (Å²) >= 11 is 1.89. The fraction of sp³-hybridized carbons (Fsp3) is 0.167. The van der Waals surface area contributed by atoms with Gasteiger partial charge in [-0.2, -0.15) is 5.06 Å². The van der Waals surface area contributed by atoms with Crippen molar-refractivity contribution in [1.29, 1.82) is 0 Å². The first-order valence-electron chi connectivity index (χ1n) is 10.1. The van der Waals surface area contributed by atoms with E-state index in [4.69, 9.17) is 4.84 Å². The average molecular weight is 602 g/mol. The number of nitrogens with one attached hydrogen (secondary N) is 1. The molecule has 5 nitrogen and oxygen atoms in total. The molecule has 1 aliphatic heterocycles. The van der Waals surface area contributed by atoms with Crippen LogP contribution in [0, 0.1) is 32.7 Å². The van der Waals surface area contributed by atoms with Crippen molar-refractivity contribution in [2.45, 2.75) is 18.4 Å². The highest BCUT2D eigenvalue weighted by molar-refractivity contribution is 14.1. The number of amides is 2. The number of benzene rings is 3. The van der Waals surface area contributed by atoms with E-state index in [1.807, 2.05) is 22.6 Å². The van der Waals surface area contributed by atoms with E-state index < -0.39 is 64.8 Å². The molecule has 0 saturated carbocycles. The molecule has 0 bridgehead atoms. The number of hydroxylamine groups is 2. The number of fused-ring (bicyclic) bond motifs is 1. The van der Waals surface area contributed by atoms with Crippen LogP contribution in [0.2, 0.25) is 0 Å². The van der Waals surface area contributed by atoms with Gasteiger partial charge in [0, 0.05) is 52.9 Å². The molecule has 0 radical (unpaired) electrons. The predicted octanol–water partition coefficient (Wildman–Crippen LogP) is 4.55. The average Bonchev–Trinajstić information content (AvgIpc) is 2.75. The quantitative estimate of drug-likeness (QED) is 0.265. The highest BCUT2D eigenvalue weighted by Gasteiger charge is 2.55. The summed E-state index contributed by atoms with van der Waals surface area (Å²) in [4.78, 5) is 32.7. The number of carbonyl (C=O) groups excluding carboxylic acids is 2. The van der Waals surface area contributed by atoms with Crippen LogP contribution in [0.1, 0.15) is 16.7 Å². The zero-order valence-electron chi connectivity index (χ0n) is 18.0. The van der Waals surface area contributed by atoms with Crippen molar-refractivity contribution in [2.24, 2.45) is 0 Å². The van der Waals surface area contributed by atoms with Gasteiger partial charge in [0.1, 0.15) is 29.1 Å². The van der Waals surface area contributed by atoms with Crippen LogP contribution in [-0.4, -0.2) is 23.9 Å². The van der Waals surface area contributed by atoms with E-state index in [2.05, 4.69) is 5.32 Å². The zero-order chi connectivity index (χ0) is 25.5. The van der Waals surface area contributed by atoms with Crippen molar-refractivity contribution < 1.29 is 36.4 Å². The lowest BCUT2D eigenvalue weighted by Gasteiger charge is -2.40. The molecular formula is C24H16F5IN2O3. The lowest BCUT2D eigenvalue weighted by atomic mass is 9.72. The van der Waals surface area contributed by atoms with E-state index >= 15 is 0 Å². The zero-order valence-corrected chi connectivity index (χ0v) is 20.1. The molecular weight excluding hydrogens is 586 g/mol. The summed E-state index contributed by atoms with van der Waals surface area (Å²) in [6, 6.07) is 8.26. The predicted molar refractivity (Wildman–Crippen MR) is 122 cm³/mol. The number of rotatable bonds is 5. The molecule has 1 heterocycles. The minimum absolute atomic E-state index is 0.00829. The third-order valence-corrected chi connectivity index (χ3v) is 6.50. The van der Waals surface area contributed by atoms with Crippen LogP contribution in [0.25, 0.3) is 0 Å². The van der Waals surface area contributed by atoms with Crippen LogP contribution in [-0.2, 0) is 28.0 Å². The van der Waals surface area contributed by atoms with E-state index in [1.165, 1.54) is 13.1 Å². The molecule has 3 aromatic carbocycles. The molecule has 0 saturated heterocycles. The van der Waals surface area contributed by atoms with Gasteiger partial charge < -0.3 is 10.2 Å². The number of hydrogen-bond acceptors (Lipinski definition) is 3. The Morgan fingerprint density at radius 3 is 2.23 bits per heavy atom. The number of nitrogens with zero attached hydrogens (tertiary/aromatic N) is 1. The second-order valence-electron chi connectivity index (χ2n) is 7.90. The van der Waals surface area contributed by atoms with E-state index in [9.17, 15) is 31.5 Å². The van der Waals surface area contributed by atoms with Gasteiger partial charge in [0.25, 0.3) is 5.91 Å². The van der Waals surface area contributed by atoms with Crippen molar-refractivity contribution in [3.05, 3.63) is 97.9 Å². The van der Waals surface area contributed by atoms with Gasteiger partial charge in [0.05, 0.1) is 0 Å². The normalized spacial score (nSPS) is 17.1. The minimum atomic E-state index is -2.10. The molecule has 1 aliphatic rings. The summed E-state index contributed by atoms with van der Waals surface area (Å²) in [5.41, 5.74) is -2.60. The van der Waals surface area contributed by atoms with E-state index in [0.29, 0.717) is 21.8 Å². The molecule has 0 fully saturated rings. The maximum atomic E-state index is 14.2. The minimum Gasteiger partial charge on any atom is -0.377 e. The van der Waals surface area contributed by atoms with Crippen LogP contribution < -0.4 is 10.2 Å². The third kappa shape index (κ3) is 4.56. The molecule has 182 valence electrons. The van der Waals surface area contributed by atoms with Crippen LogP contribution in [0.3, 0.4) is 0 Å². The molecule has 0 aliphatic carbocycles. The lowest BCUT2D eigenvalue weighted by Crippen LogP contribution is -2.60. The van der Waals surface area contributed by atoms with Crippen LogP contribution in [0.5, 0.6) is 5.75 Å². The second-order valence-corrected chi connectivity index (χ2v) is 9.06. The third-order valence-electron chi connectivity index (χ3n) is 5.60. The van der Waals surface area contributed by atoms with E-state index in [0.717, 1.165) is 17.2 Å². The van der Waals surface area contributed by atoms with Crippen molar-refractivity contribution in [3.8, 4) is 5.75 Å². The summed E-state index contributed by atoms with van der Waals surface area (Å²) in [5.74, 6) is -7.13. The molecule has 4 rings (SSSR count). The number of halogens is 6. The maximum absolute atomic E-state index is 14.2. The van der Waals surface area contributed by atoms with Gasteiger partial charge in [0.15, 0.2) is 11.2 Å².